The number of rotatable bonds is 17. The van der Waals surface area contributed by atoms with Crippen molar-refractivity contribution in [2.45, 2.75) is 129 Å². The van der Waals surface area contributed by atoms with Gasteiger partial charge in [0.2, 0.25) is 0 Å². The van der Waals surface area contributed by atoms with Crippen LogP contribution in [0.4, 0.5) is 0 Å². The van der Waals surface area contributed by atoms with Gasteiger partial charge in [-0.3, -0.25) is 0 Å². The predicted molar refractivity (Wildman–Crippen MR) is 193 cm³/mol. The number of ether oxygens (including phenoxy) is 6. The molecule has 11 heteroatoms. The zero-order chi connectivity index (χ0) is 35.8. The van der Waals surface area contributed by atoms with Crippen LogP contribution in [0, 0.1) is 5.92 Å². The second kappa shape index (κ2) is 17.1. The number of esters is 1. The molecule has 0 aromatic heterocycles. The summed E-state index contributed by atoms with van der Waals surface area (Å²) in [6.45, 7) is 26.1. The molecule has 0 amide bonds. The van der Waals surface area contributed by atoms with Crippen molar-refractivity contribution in [3.63, 3.8) is 0 Å². The molecule has 0 radical (unpaired) electrons. The molecular formula is C36H62O9Si2. The molecule has 1 aliphatic heterocycles. The Morgan fingerprint density at radius 3 is 2.30 bits per heavy atom. The van der Waals surface area contributed by atoms with E-state index in [1.807, 2.05) is 32.1 Å². The molecule has 1 saturated heterocycles. The van der Waals surface area contributed by atoms with E-state index in [1.54, 1.807) is 25.3 Å². The standard InChI is InChI=1S/C36H62O9Si2/c1-25(26(2)45-47(13,14)35(3,4)5)18-19-29(37)33-30(43-36(6,7)44-33)17-15-16-27-22-28(40-9)23-31(42-24-39-8)32(27)34(38)41-20-21-46(10,11)12/h15-16,18-19,22-23,25-26,29-30,33,37H,17,20-21,24H2,1-14H3/b16-15+,19-18-/t25-,26-,29?,30-,33+/m0/s1. The first-order valence-corrected chi connectivity index (χ1v) is 23.3. The summed E-state index contributed by atoms with van der Waals surface area (Å²) in [7, 11) is -0.258. The molecule has 1 aliphatic rings. The van der Waals surface area contributed by atoms with Gasteiger partial charge in [0.15, 0.2) is 20.9 Å². The summed E-state index contributed by atoms with van der Waals surface area (Å²) in [6, 6.07) is 4.27. The summed E-state index contributed by atoms with van der Waals surface area (Å²) in [5, 5.41) is 11.4. The summed E-state index contributed by atoms with van der Waals surface area (Å²) in [5.74, 6) is -0.415. The van der Waals surface area contributed by atoms with E-state index in [4.69, 9.17) is 32.8 Å². The molecule has 0 spiro atoms. The smallest absolute Gasteiger partial charge is 0.342 e. The summed E-state index contributed by atoms with van der Waals surface area (Å²) in [4.78, 5) is 13.4. The number of aliphatic hydroxyl groups is 1. The highest BCUT2D eigenvalue weighted by atomic mass is 28.4. The van der Waals surface area contributed by atoms with Gasteiger partial charge in [-0.1, -0.05) is 71.6 Å². The van der Waals surface area contributed by atoms with Crippen molar-refractivity contribution in [1.29, 1.82) is 0 Å². The molecule has 0 saturated carbocycles. The molecule has 2 rings (SSSR count). The minimum Gasteiger partial charge on any atom is -0.497 e. The van der Waals surface area contributed by atoms with Crippen LogP contribution in [0.2, 0.25) is 43.8 Å². The van der Waals surface area contributed by atoms with Crippen molar-refractivity contribution >= 4 is 28.4 Å². The van der Waals surface area contributed by atoms with Crippen molar-refractivity contribution in [2.24, 2.45) is 5.92 Å². The fourth-order valence-electron chi connectivity index (χ4n) is 4.80. The molecule has 9 nitrogen and oxygen atoms in total. The Hall–Kier alpha value is -2.00. The van der Waals surface area contributed by atoms with E-state index >= 15 is 0 Å². The lowest BCUT2D eigenvalue weighted by Crippen LogP contribution is -2.44. The Bertz CT molecular complexity index is 1210. The Morgan fingerprint density at radius 2 is 1.72 bits per heavy atom. The van der Waals surface area contributed by atoms with Gasteiger partial charge in [-0.25, -0.2) is 4.79 Å². The van der Waals surface area contributed by atoms with Crippen LogP contribution in [-0.2, 0) is 23.4 Å². The Kier molecular flexibility index (Phi) is 15.0. The number of benzene rings is 1. The second-order valence-electron chi connectivity index (χ2n) is 15.7. The van der Waals surface area contributed by atoms with Crippen molar-refractivity contribution in [2.75, 3.05) is 27.6 Å². The average Bonchev–Trinajstić information content (AvgIpc) is 3.26. The predicted octanol–water partition coefficient (Wildman–Crippen LogP) is 8.06. The van der Waals surface area contributed by atoms with E-state index in [0.717, 1.165) is 6.04 Å². The van der Waals surface area contributed by atoms with E-state index in [2.05, 4.69) is 67.4 Å². The van der Waals surface area contributed by atoms with Crippen molar-refractivity contribution < 1.29 is 42.7 Å². The third-order valence-corrected chi connectivity index (χ3v) is 15.1. The van der Waals surface area contributed by atoms with Gasteiger partial charge in [0.1, 0.15) is 29.3 Å². The third kappa shape index (κ3) is 12.8. The molecule has 1 aromatic carbocycles. The highest BCUT2D eigenvalue weighted by Gasteiger charge is 2.44. The number of aliphatic hydroxyl groups excluding tert-OH is 1. The van der Waals surface area contributed by atoms with E-state index in [0.29, 0.717) is 35.7 Å². The Balaban J connectivity index is 2.27. The normalized spacial score (nSPS) is 20.8. The SMILES string of the molecule is COCOc1cc(OC)cc(/C=C/C[C@@H]2OC(C)(C)O[C@@H]2C(O)/C=C\[C@H](C)[C@H](C)O[Si](C)(C)C(C)(C)C)c1C(=O)OCC[Si](C)(C)C. The molecule has 1 fully saturated rings. The number of carbonyl (C=O) groups excluding carboxylic acids is 1. The molecule has 1 aromatic rings. The summed E-state index contributed by atoms with van der Waals surface area (Å²) >= 11 is 0. The lowest BCUT2D eigenvalue weighted by molar-refractivity contribution is -0.152. The summed E-state index contributed by atoms with van der Waals surface area (Å²) in [6.07, 6.45) is 6.05. The van der Waals surface area contributed by atoms with Crippen LogP contribution < -0.4 is 9.47 Å². The van der Waals surface area contributed by atoms with Crippen LogP contribution in [0.3, 0.4) is 0 Å². The highest BCUT2D eigenvalue weighted by Crippen LogP contribution is 2.38. The monoisotopic (exact) mass is 694 g/mol. The molecular weight excluding hydrogens is 633 g/mol. The van der Waals surface area contributed by atoms with Gasteiger partial charge in [-0.2, -0.15) is 0 Å². The second-order valence-corrected chi connectivity index (χ2v) is 26.1. The molecule has 268 valence electrons. The van der Waals surface area contributed by atoms with Crippen molar-refractivity contribution in [3.8, 4) is 11.5 Å². The first-order chi connectivity index (χ1) is 21.6. The quantitative estimate of drug-likeness (QED) is 0.0751. The molecule has 1 N–H and O–H groups in total. The van der Waals surface area contributed by atoms with Crippen molar-refractivity contribution in [1.82, 2.24) is 0 Å². The maximum atomic E-state index is 13.4. The van der Waals surface area contributed by atoms with Crippen molar-refractivity contribution in [3.05, 3.63) is 41.5 Å². The van der Waals surface area contributed by atoms with E-state index in [9.17, 15) is 9.90 Å². The Labute approximate surface area is 286 Å². The molecule has 1 heterocycles. The van der Waals surface area contributed by atoms with Crippen LogP contribution >= 0.6 is 0 Å². The van der Waals surface area contributed by atoms with Gasteiger partial charge in [-0.05, 0) is 68.9 Å². The van der Waals surface area contributed by atoms with Gasteiger partial charge in [0.05, 0.1) is 19.8 Å². The largest absolute Gasteiger partial charge is 0.497 e. The first-order valence-electron chi connectivity index (χ1n) is 16.7. The Morgan fingerprint density at radius 1 is 1.06 bits per heavy atom. The molecule has 5 atom stereocenters. The van der Waals surface area contributed by atoms with Gasteiger partial charge in [0.25, 0.3) is 0 Å². The highest BCUT2D eigenvalue weighted by molar-refractivity contribution is 6.76. The summed E-state index contributed by atoms with van der Waals surface area (Å²) < 4.78 is 41.1. The zero-order valence-electron chi connectivity index (χ0n) is 31.4. The lowest BCUT2D eigenvalue weighted by Gasteiger charge is -2.39. The maximum absolute atomic E-state index is 13.4. The maximum Gasteiger partial charge on any atom is 0.342 e. The minimum atomic E-state index is -1.93. The topological polar surface area (TPSA) is 102 Å². The van der Waals surface area contributed by atoms with E-state index < -0.39 is 46.5 Å². The van der Waals surface area contributed by atoms with Gasteiger partial charge < -0.3 is 38.0 Å². The van der Waals surface area contributed by atoms with Crippen LogP contribution in [0.15, 0.2) is 30.4 Å². The number of methoxy groups -OCH3 is 2. The number of carbonyl (C=O) groups is 1. The third-order valence-electron chi connectivity index (χ3n) is 8.83. The van der Waals surface area contributed by atoms with Crippen LogP contribution in [0.25, 0.3) is 6.08 Å². The molecule has 0 bridgehead atoms. The zero-order valence-corrected chi connectivity index (χ0v) is 33.4. The van der Waals surface area contributed by atoms with Gasteiger partial charge >= 0.3 is 5.97 Å². The number of hydrogen-bond acceptors (Lipinski definition) is 9. The lowest BCUT2D eigenvalue weighted by atomic mass is 10.00. The molecule has 47 heavy (non-hydrogen) atoms. The fraction of sp³-hybridized carbons (Fsp3) is 0.694. The van der Waals surface area contributed by atoms with Crippen LogP contribution in [-0.4, -0.2) is 85.3 Å². The molecule has 1 unspecified atom stereocenters. The molecule has 0 aliphatic carbocycles. The van der Waals surface area contributed by atoms with Gasteiger partial charge in [0, 0.05) is 27.4 Å². The number of hydrogen-bond donors (Lipinski definition) is 1. The average molecular weight is 695 g/mol. The van der Waals surface area contributed by atoms with Crippen LogP contribution in [0.5, 0.6) is 11.5 Å². The summed E-state index contributed by atoms with van der Waals surface area (Å²) in [5.41, 5.74) is 0.870. The fourth-order valence-corrected chi connectivity index (χ4v) is 7.02. The van der Waals surface area contributed by atoms with Crippen LogP contribution in [0.1, 0.15) is 70.8 Å². The van der Waals surface area contributed by atoms with E-state index in [-0.39, 0.29) is 23.9 Å². The minimum absolute atomic E-state index is 0.00677. The van der Waals surface area contributed by atoms with E-state index in [1.165, 1.54) is 7.11 Å². The van der Waals surface area contributed by atoms with Gasteiger partial charge in [-0.15, -0.1) is 0 Å². The first kappa shape index (κ1) is 41.2.